The topological polar surface area (TPSA) is 98.9 Å². The van der Waals surface area contributed by atoms with E-state index >= 15 is 0 Å². The van der Waals surface area contributed by atoms with E-state index in [2.05, 4.69) is 0 Å². The van der Waals surface area contributed by atoms with Crippen molar-refractivity contribution in [2.75, 3.05) is 25.6 Å². The molecule has 0 aromatic heterocycles. The van der Waals surface area contributed by atoms with Gasteiger partial charge in [0.1, 0.15) is 0 Å². The molecule has 2 aliphatic rings. The third-order valence-corrected chi connectivity index (χ3v) is 4.83. The second kappa shape index (κ2) is 5.77. The van der Waals surface area contributed by atoms with Crippen LogP contribution in [0.2, 0.25) is 0 Å². The first-order chi connectivity index (χ1) is 10.4. The lowest BCUT2D eigenvalue weighted by atomic mass is 10.1. The molecule has 1 amide bonds. The van der Waals surface area contributed by atoms with E-state index in [1.165, 1.54) is 0 Å². The van der Waals surface area contributed by atoms with Gasteiger partial charge in [-0.05, 0) is 18.1 Å². The van der Waals surface area contributed by atoms with Gasteiger partial charge in [0.15, 0.2) is 11.5 Å². The molecule has 7 nitrogen and oxygen atoms in total. The molecule has 1 unspecified atom stereocenters. The number of sulfonamides is 1. The van der Waals surface area contributed by atoms with E-state index < -0.39 is 10.0 Å². The minimum Gasteiger partial charge on any atom is -0.454 e. The summed E-state index contributed by atoms with van der Waals surface area (Å²) in [6.07, 6.45) is 0.878. The van der Waals surface area contributed by atoms with Crippen LogP contribution in [0.3, 0.4) is 0 Å². The molecule has 1 aromatic carbocycles. The van der Waals surface area contributed by atoms with Crippen molar-refractivity contribution in [2.24, 2.45) is 11.1 Å². The van der Waals surface area contributed by atoms with Crippen LogP contribution in [0.15, 0.2) is 18.2 Å². The quantitative estimate of drug-likeness (QED) is 0.827. The highest BCUT2D eigenvalue weighted by molar-refractivity contribution is 7.89. The molecule has 0 saturated carbocycles. The van der Waals surface area contributed by atoms with Gasteiger partial charge in [-0.15, -0.1) is 0 Å². The van der Waals surface area contributed by atoms with Crippen molar-refractivity contribution < 1.29 is 22.7 Å². The maximum atomic E-state index is 12.0. The Balaban J connectivity index is 1.61. The number of rotatable bonds is 5. The van der Waals surface area contributed by atoms with Crippen molar-refractivity contribution in [1.29, 1.82) is 0 Å². The molecule has 3 rings (SSSR count). The maximum Gasteiger partial charge on any atom is 0.231 e. The van der Waals surface area contributed by atoms with Crippen LogP contribution in [0.25, 0.3) is 0 Å². The van der Waals surface area contributed by atoms with Crippen LogP contribution >= 0.6 is 0 Å². The van der Waals surface area contributed by atoms with Gasteiger partial charge in [0.2, 0.25) is 22.7 Å². The van der Waals surface area contributed by atoms with E-state index in [1.807, 2.05) is 18.2 Å². The predicted molar refractivity (Wildman–Crippen MR) is 78.9 cm³/mol. The fraction of sp³-hybridized carbons (Fsp3) is 0.500. The van der Waals surface area contributed by atoms with Gasteiger partial charge in [-0.25, -0.2) is 13.6 Å². The highest BCUT2D eigenvalue weighted by Gasteiger charge is 2.31. The number of carbonyl (C=O) groups is 1. The van der Waals surface area contributed by atoms with Crippen LogP contribution in [0.4, 0.5) is 0 Å². The number of primary sulfonamides is 1. The van der Waals surface area contributed by atoms with Crippen molar-refractivity contribution in [2.45, 2.75) is 12.8 Å². The van der Waals surface area contributed by atoms with Crippen LogP contribution in [0, 0.1) is 5.92 Å². The Bertz CT molecular complexity index is 688. The van der Waals surface area contributed by atoms with Gasteiger partial charge in [0.25, 0.3) is 0 Å². The minimum atomic E-state index is -3.54. The first-order valence-corrected chi connectivity index (χ1v) is 8.79. The summed E-state index contributed by atoms with van der Waals surface area (Å²) in [5, 5.41) is 5.04. The van der Waals surface area contributed by atoms with Crippen molar-refractivity contribution in [3.05, 3.63) is 23.8 Å². The smallest absolute Gasteiger partial charge is 0.231 e. The third-order valence-electron chi connectivity index (χ3n) is 3.89. The highest BCUT2D eigenvalue weighted by Crippen LogP contribution is 2.35. The number of benzene rings is 1. The van der Waals surface area contributed by atoms with Gasteiger partial charge in [0.05, 0.1) is 5.75 Å². The lowest BCUT2D eigenvalue weighted by Gasteiger charge is -2.17. The van der Waals surface area contributed by atoms with Crippen molar-refractivity contribution in [3.63, 3.8) is 0 Å². The Hall–Kier alpha value is -1.80. The van der Waals surface area contributed by atoms with E-state index in [-0.39, 0.29) is 30.8 Å². The van der Waals surface area contributed by atoms with E-state index in [0.717, 1.165) is 17.1 Å². The summed E-state index contributed by atoms with van der Waals surface area (Å²) in [6, 6.07) is 5.67. The Labute approximate surface area is 129 Å². The summed E-state index contributed by atoms with van der Waals surface area (Å²) in [5.74, 6) is 1.06. The van der Waals surface area contributed by atoms with Gasteiger partial charge < -0.3 is 14.4 Å². The summed E-state index contributed by atoms with van der Waals surface area (Å²) >= 11 is 0. The van der Waals surface area contributed by atoms with Crippen LogP contribution in [-0.2, 0) is 21.2 Å². The molecule has 2 N–H and O–H groups in total. The maximum absolute atomic E-state index is 12.0. The fourth-order valence-electron chi connectivity index (χ4n) is 2.95. The number of para-hydroxylation sites is 1. The van der Waals surface area contributed by atoms with Crippen molar-refractivity contribution in [1.82, 2.24) is 4.90 Å². The normalized spacial score (nSPS) is 20.7. The molecular formula is C14H18N2O5S. The molecule has 0 spiro atoms. The summed E-state index contributed by atoms with van der Waals surface area (Å²) < 4.78 is 33.0. The Morgan fingerprint density at radius 2 is 2.14 bits per heavy atom. The number of likely N-dealkylation sites (tertiary alicyclic amines) is 1. The van der Waals surface area contributed by atoms with Gasteiger partial charge in [-0.2, -0.15) is 0 Å². The number of fused-ring (bicyclic) bond motifs is 1. The Morgan fingerprint density at radius 1 is 1.32 bits per heavy atom. The molecule has 0 radical (unpaired) electrons. The molecule has 1 saturated heterocycles. The summed E-state index contributed by atoms with van der Waals surface area (Å²) in [7, 11) is -3.54. The molecule has 1 aromatic rings. The molecule has 8 heteroatoms. The number of carbonyl (C=O) groups excluding carboxylic acids is 1. The first-order valence-electron chi connectivity index (χ1n) is 7.08. The molecule has 1 fully saturated rings. The molecule has 22 heavy (non-hydrogen) atoms. The summed E-state index contributed by atoms with van der Waals surface area (Å²) in [6.45, 7) is 1.17. The zero-order valence-electron chi connectivity index (χ0n) is 12.0. The predicted octanol–water partition coefficient (Wildman–Crippen LogP) is 0.0948. The number of hydrogen-bond acceptors (Lipinski definition) is 5. The number of ether oxygens (including phenoxy) is 2. The Morgan fingerprint density at radius 3 is 2.91 bits per heavy atom. The number of hydrogen-bond donors (Lipinski definition) is 1. The van der Waals surface area contributed by atoms with Gasteiger partial charge >= 0.3 is 0 Å². The minimum absolute atomic E-state index is 0.0293. The molecule has 0 aliphatic carbocycles. The monoisotopic (exact) mass is 326 g/mol. The van der Waals surface area contributed by atoms with Crippen LogP contribution in [0.1, 0.15) is 12.0 Å². The van der Waals surface area contributed by atoms with E-state index in [4.69, 9.17) is 14.6 Å². The zero-order chi connectivity index (χ0) is 15.7. The third kappa shape index (κ3) is 3.33. The number of nitrogens with zero attached hydrogens (tertiary/aromatic N) is 1. The summed E-state index contributed by atoms with van der Waals surface area (Å²) in [4.78, 5) is 13.6. The van der Waals surface area contributed by atoms with E-state index in [1.54, 1.807) is 4.90 Å². The molecule has 1 atom stereocenters. The number of nitrogens with two attached hydrogens (primary N) is 1. The summed E-state index contributed by atoms with van der Waals surface area (Å²) in [5.41, 5.74) is 0.984. The van der Waals surface area contributed by atoms with Crippen LogP contribution in [-0.4, -0.2) is 44.9 Å². The lowest BCUT2D eigenvalue weighted by Crippen LogP contribution is -2.29. The van der Waals surface area contributed by atoms with Crippen molar-refractivity contribution >= 4 is 15.9 Å². The molecule has 2 aliphatic heterocycles. The van der Waals surface area contributed by atoms with Crippen LogP contribution in [0.5, 0.6) is 11.5 Å². The van der Waals surface area contributed by atoms with Crippen LogP contribution < -0.4 is 14.6 Å². The Kier molecular flexibility index (Phi) is 3.96. The van der Waals surface area contributed by atoms with E-state index in [0.29, 0.717) is 19.5 Å². The standard InChI is InChI=1S/C14H18N2O5S/c15-22(18,19)8-10-6-13(17)16(7-10)5-4-11-2-1-3-12-14(11)21-9-20-12/h1-3,10H,4-9H2,(H2,15,18,19). The lowest BCUT2D eigenvalue weighted by molar-refractivity contribution is -0.127. The van der Waals surface area contributed by atoms with E-state index in [9.17, 15) is 13.2 Å². The van der Waals surface area contributed by atoms with Gasteiger partial charge in [0, 0.05) is 25.4 Å². The molecule has 2 heterocycles. The average molecular weight is 326 g/mol. The zero-order valence-corrected chi connectivity index (χ0v) is 12.8. The fourth-order valence-corrected chi connectivity index (χ4v) is 3.83. The molecule has 120 valence electrons. The molecular weight excluding hydrogens is 308 g/mol. The van der Waals surface area contributed by atoms with Gasteiger partial charge in [-0.1, -0.05) is 12.1 Å². The second-order valence-electron chi connectivity index (χ2n) is 5.64. The van der Waals surface area contributed by atoms with Crippen molar-refractivity contribution in [3.8, 4) is 11.5 Å². The highest BCUT2D eigenvalue weighted by atomic mass is 32.2. The first kappa shape index (κ1) is 15.1. The largest absolute Gasteiger partial charge is 0.454 e. The van der Waals surface area contributed by atoms with Gasteiger partial charge in [-0.3, -0.25) is 4.79 Å². The SMILES string of the molecule is NS(=O)(=O)CC1CC(=O)N(CCc2cccc3c2OCO3)C1. The average Bonchev–Trinajstić information content (AvgIpc) is 3.01. The molecule has 0 bridgehead atoms. The number of amides is 1. The second-order valence-corrected chi connectivity index (χ2v) is 7.30.